The molecule has 0 aliphatic heterocycles. The third-order valence-electron chi connectivity index (χ3n) is 2.82. The van der Waals surface area contributed by atoms with Gasteiger partial charge in [-0.05, 0) is 19.4 Å². The summed E-state index contributed by atoms with van der Waals surface area (Å²) in [6.45, 7) is 3.25. The molecule has 0 atom stereocenters. The Labute approximate surface area is 110 Å². The Hall–Kier alpha value is -1.75. The maximum Gasteiger partial charge on any atom is 0.250 e. The van der Waals surface area contributed by atoms with Crippen LogP contribution < -0.4 is 11.3 Å². The van der Waals surface area contributed by atoms with Crippen LogP contribution in [-0.2, 0) is 13.1 Å². The molecule has 0 bridgehead atoms. The number of anilines is 1. The van der Waals surface area contributed by atoms with E-state index in [2.05, 4.69) is 5.10 Å². The Balaban J connectivity index is 1.98. The van der Waals surface area contributed by atoms with Gasteiger partial charge in [0, 0.05) is 31.0 Å². The first-order chi connectivity index (χ1) is 8.58. The lowest BCUT2D eigenvalue weighted by molar-refractivity contribution is 0.512. The Morgan fingerprint density at radius 2 is 2.17 bits per heavy atom. The molecule has 0 saturated heterocycles. The molecule has 0 amide bonds. The van der Waals surface area contributed by atoms with E-state index in [1.165, 1.54) is 6.07 Å². The fourth-order valence-electron chi connectivity index (χ4n) is 1.76. The van der Waals surface area contributed by atoms with Crippen LogP contribution in [-0.4, -0.2) is 14.3 Å². The summed E-state index contributed by atoms with van der Waals surface area (Å²) in [7, 11) is 0. The Bertz CT molecular complexity index is 602. The highest BCUT2D eigenvalue weighted by Crippen LogP contribution is 2.13. The molecule has 0 radical (unpaired) electrons. The topological polar surface area (TPSA) is 65.8 Å². The quantitative estimate of drug-likeness (QED) is 0.916. The summed E-state index contributed by atoms with van der Waals surface area (Å²) in [4.78, 5) is 11.5. The summed E-state index contributed by atoms with van der Waals surface area (Å²) in [5, 5.41) is 4.82. The van der Waals surface area contributed by atoms with Crippen LogP contribution in [0, 0.1) is 6.92 Å². The van der Waals surface area contributed by atoms with E-state index in [0.29, 0.717) is 17.3 Å². The van der Waals surface area contributed by atoms with Crippen molar-refractivity contribution < 1.29 is 0 Å². The molecule has 2 N–H and O–H groups in total. The summed E-state index contributed by atoms with van der Waals surface area (Å²) in [6.07, 6.45) is 4.08. The van der Waals surface area contributed by atoms with Crippen molar-refractivity contribution in [2.75, 3.05) is 5.73 Å². The second kappa shape index (κ2) is 5.27. The number of aromatic nitrogens is 3. The van der Waals surface area contributed by atoms with E-state index in [-0.39, 0.29) is 5.56 Å². The number of halogens is 1. The van der Waals surface area contributed by atoms with E-state index < -0.39 is 0 Å². The van der Waals surface area contributed by atoms with E-state index in [9.17, 15) is 4.79 Å². The molecular weight excluding hydrogens is 252 g/mol. The van der Waals surface area contributed by atoms with Crippen molar-refractivity contribution >= 4 is 17.3 Å². The molecule has 0 aliphatic carbocycles. The molecule has 0 spiro atoms. The second-order valence-electron chi connectivity index (χ2n) is 4.15. The van der Waals surface area contributed by atoms with Gasteiger partial charge in [-0.15, -0.1) is 0 Å². The first kappa shape index (κ1) is 12.7. The van der Waals surface area contributed by atoms with Crippen LogP contribution in [0.1, 0.15) is 12.1 Å². The first-order valence-corrected chi connectivity index (χ1v) is 6.09. The highest BCUT2D eigenvalue weighted by atomic mass is 35.5. The summed E-state index contributed by atoms with van der Waals surface area (Å²) in [5.74, 6) is 0. The lowest BCUT2D eigenvalue weighted by atomic mass is 10.3. The molecule has 5 nitrogen and oxygen atoms in total. The van der Waals surface area contributed by atoms with Gasteiger partial charge in [0.25, 0.3) is 5.56 Å². The van der Waals surface area contributed by atoms with Gasteiger partial charge < -0.3 is 10.3 Å². The van der Waals surface area contributed by atoms with Gasteiger partial charge >= 0.3 is 0 Å². The minimum atomic E-state index is -0.0422. The molecule has 2 heterocycles. The molecule has 6 heteroatoms. The van der Waals surface area contributed by atoms with Crippen molar-refractivity contribution in [3.63, 3.8) is 0 Å². The fourth-order valence-corrected chi connectivity index (χ4v) is 1.91. The highest BCUT2D eigenvalue weighted by molar-refractivity contribution is 6.31. The standard InChI is InChI=1S/C12H15ClN4O/c1-9-11(13)7-15-17(9)6-2-5-16-8-10(14)3-4-12(16)18/h3-4,7-8H,2,5-6,14H2,1H3. The van der Waals surface area contributed by atoms with Gasteiger partial charge in [-0.25, -0.2) is 0 Å². The lowest BCUT2D eigenvalue weighted by Gasteiger charge is -2.07. The molecule has 0 aliphatic rings. The van der Waals surface area contributed by atoms with E-state index in [4.69, 9.17) is 17.3 Å². The smallest absolute Gasteiger partial charge is 0.250 e. The zero-order chi connectivity index (χ0) is 13.1. The lowest BCUT2D eigenvalue weighted by Crippen LogP contribution is -2.20. The largest absolute Gasteiger partial charge is 0.398 e. The fraction of sp³-hybridized carbons (Fsp3) is 0.333. The molecule has 0 unspecified atom stereocenters. The van der Waals surface area contributed by atoms with Gasteiger partial charge in [0.2, 0.25) is 0 Å². The normalized spacial score (nSPS) is 10.8. The van der Waals surface area contributed by atoms with Crippen LogP contribution in [0.2, 0.25) is 5.02 Å². The summed E-state index contributed by atoms with van der Waals surface area (Å²) in [6, 6.07) is 3.08. The van der Waals surface area contributed by atoms with E-state index >= 15 is 0 Å². The maximum absolute atomic E-state index is 11.5. The average molecular weight is 267 g/mol. The van der Waals surface area contributed by atoms with Crippen molar-refractivity contribution in [1.82, 2.24) is 14.3 Å². The summed E-state index contributed by atoms with van der Waals surface area (Å²) >= 11 is 5.92. The molecular formula is C12H15ClN4O. The number of hydrogen-bond donors (Lipinski definition) is 1. The number of rotatable bonds is 4. The van der Waals surface area contributed by atoms with Crippen molar-refractivity contribution in [3.8, 4) is 0 Å². The van der Waals surface area contributed by atoms with Gasteiger partial charge in [-0.2, -0.15) is 5.10 Å². The number of nitrogens with zero attached hydrogens (tertiary/aromatic N) is 3. The Morgan fingerprint density at radius 3 is 2.83 bits per heavy atom. The molecule has 0 saturated carbocycles. The van der Waals surface area contributed by atoms with Crippen LogP contribution in [0.3, 0.4) is 0 Å². The summed E-state index contributed by atoms with van der Waals surface area (Å²) < 4.78 is 3.44. The van der Waals surface area contributed by atoms with Gasteiger partial charge in [-0.1, -0.05) is 11.6 Å². The van der Waals surface area contributed by atoms with Crippen molar-refractivity contribution in [2.24, 2.45) is 0 Å². The van der Waals surface area contributed by atoms with Crippen molar-refractivity contribution in [2.45, 2.75) is 26.4 Å². The molecule has 0 aromatic carbocycles. The number of pyridine rings is 1. The molecule has 18 heavy (non-hydrogen) atoms. The zero-order valence-electron chi connectivity index (χ0n) is 10.1. The van der Waals surface area contributed by atoms with E-state index in [1.54, 1.807) is 23.0 Å². The molecule has 2 rings (SSSR count). The zero-order valence-corrected chi connectivity index (χ0v) is 10.9. The highest BCUT2D eigenvalue weighted by Gasteiger charge is 2.03. The molecule has 2 aromatic heterocycles. The van der Waals surface area contributed by atoms with Gasteiger partial charge in [0.15, 0.2) is 0 Å². The van der Waals surface area contributed by atoms with E-state index in [1.807, 2.05) is 11.6 Å². The minimum absolute atomic E-state index is 0.0422. The Kier molecular flexibility index (Phi) is 3.72. The van der Waals surface area contributed by atoms with Crippen LogP contribution >= 0.6 is 11.6 Å². The monoisotopic (exact) mass is 266 g/mol. The number of nitrogen functional groups attached to an aromatic ring is 1. The van der Waals surface area contributed by atoms with Crippen LogP contribution in [0.25, 0.3) is 0 Å². The third-order valence-corrected chi connectivity index (χ3v) is 3.19. The van der Waals surface area contributed by atoms with Crippen molar-refractivity contribution in [3.05, 3.63) is 45.6 Å². The summed E-state index contributed by atoms with van der Waals surface area (Å²) in [5.41, 5.74) is 7.13. The van der Waals surface area contributed by atoms with E-state index in [0.717, 1.165) is 18.7 Å². The van der Waals surface area contributed by atoms with Crippen LogP contribution in [0.15, 0.2) is 29.3 Å². The molecule has 2 aromatic rings. The maximum atomic E-state index is 11.5. The molecule has 96 valence electrons. The van der Waals surface area contributed by atoms with Crippen molar-refractivity contribution in [1.29, 1.82) is 0 Å². The third kappa shape index (κ3) is 2.73. The Morgan fingerprint density at radius 1 is 1.39 bits per heavy atom. The predicted octanol–water partition coefficient (Wildman–Crippen LogP) is 1.68. The van der Waals surface area contributed by atoms with Gasteiger partial charge in [0.05, 0.1) is 16.9 Å². The second-order valence-corrected chi connectivity index (χ2v) is 4.56. The predicted molar refractivity (Wildman–Crippen MR) is 71.7 cm³/mol. The van der Waals surface area contributed by atoms with Crippen LogP contribution in [0.5, 0.6) is 0 Å². The average Bonchev–Trinajstić information content (AvgIpc) is 2.65. The molecule has 0 fully saturated rings. The number of hydrogen-bond acceptors (Lipinski definition) is 3. The van der Waals surface area contributed by atoms with Crippen LogP contribution in [0.4, 0.5) is 5.69 Å². The number of nitrogens with two attached hydrogens (primary N) is 1. The number of aryl methyl sites for hydroxylation is 2. The SMILES string of the molecule is Cc1c(Cl)cnn1CCCn1cc(N)ccc1=O. The van der Waals surface area contributed by atoms with Gasteiger partial charge in [0.1, 0.15) is 0 Å². The van der Waals surface area contributed by atoms with Gasteiger partial charge in [-0.3, -0.25) is 9.48 Å². The minimum Gasteiger partial charge on any atom is -0.398 e. The first-order valence-electron chi connectivity index (χ1n) is 5.72.